The van der Waals surface area contributed by atoms with Crippen molar-refractivity contribution >= 4 is 33.2 Å². The van der Waals surface area contributed by atoms with E-state index in [2.05, 4.69) is 9.82 Å². The van der Waals surface area contributed by atoms with Crippen molar-refractivity contribution in [3.8, 4) is 11.6 Å². The SMILES string of the molecule is CCc1c(CCNS(C)(=O)=O)nn(C(C)C)c1Oc1cc(Cl)cc(Cl)c1. The van der Waals surface area contributed by atoms with Gasteiger partial charge in [0.05, 0.1) is 18.0 Å². The van der Waals surface area contributed by atoms with Crippen molar-refractivity contribution in [1.29, 1.82) is 0 Å². The molecule has 0 saturated heterocycles. The Bertz CT molecular complexity index is 859. The van der Waals surface area contributed by atoms with Crippen LogP contribution in [-0.2, 0) is 22.9 Å². The van der Waals surface area contributed by atoms with Gasteiger partial charge < -0.3 is 4.74 Å². The maximum absolute atomic E-state index is 11.3. The maximum Gasteiger partial charge on any atom is 0.221 e. The monoisotopic (exact) mass is 419 g/mol. The van der Waals surface area contributed by atoms with E-state index in [0.717, 1.165) is 17.5 Å². The fourth-order valence-electron chi connectivity index (χ4n) is 2.57. The number of hydrogen-bond acceptors (Lipinski definition) is 4. The molecule has 26 heavy (non-hydrogen) atoms. The molecule has 0 fully saturated rings. The van der Waals surface area contributed by atoms with E-state index in [1.165, 1.54) is 0 Å². The molecule has 1 aromatic carbocycles. The number of sulfonamides is 1. The van der Waals surface area contributed by atoms with Crippen LogP contribution in [0.15, 0.2) is 18.2 Å². The fraction of sp³-hybridized carbons (Fsp3) is 0.471. The third-order valence-corrected chi connectivity index (χ3v) is 4.83. The zero-order valence-electron chi connectivity index (χ0n) is 15.2. The van der Waals surface area contributed by atoms with Crippen LogP contribution < -0.4 is 9.46 Å². The molecule has 0 amide bonds. The van der Waals surface area contributed by atoms with Crippen LogP contribution in [0.25, 0.3) is 0 Å². The van der Waals surface area contributed by atoms with E-state index in [0.29, 0.717) is 34.5 Å². The van der Waals surface area contributed by atoms with Crippen LogP contribution in [0.5, 0.6) is 11.6 Å². The molecule has 2 aromatic rings. The van der Waals surface area contributed by atoms with Gasteiger partial charge in [0.2, 0.25) is 15.9 Å². The molecule has 9 heteroatoms. The standard InChI is InChI=1S/C17H23Cl2N3O3S/c1-5-15-16(6-7-20-26(4,23)24)21-22(11(2)3)17(15)25-14-9-12(18)8-13(19)10-14/h8-11,20H,5-7H2,1-4H3. The highest BCUT2D eigenvalue weighted by atomic mass is 35.5. The Morgan fingerprint density at radius 3 is 2.35 bits per heavy atom. The number of aromatic nitrogens is 2. The Hall–Kier alpha value is -1.28. The molecule has 0 aliphatic rings. The van der Waals surface area contributed by atoms with E-state index in [4.69, 9.17) is 27.9 Å². The average Bonchev–Trinajstić information content (AvgIpc) is 2.82. The first-order chi connectivity index (χ1) is 12.1. The summed E-state index contributed by atoms with van der Waals surface area (Å²) in [7, 11) is -3.24. The van der Waals surface area contributed by atoms with Crippen LogP contribution >= 0.6 is 23.2 Å². The molecule has 144 valence electrons. The van der Waals surface area contributed by atoms with E-state index in [-0.39, 0.29) is 12.6 Å². The van der Waals surface area contributed by atoms with E-state index in [1.54, 1.807) is 22.9 Å². The van der Waals surface area contributed by atoms with Crippen molar-refractivity contribution in [3.63, 3.8) is 0 Å². The van der Waals surface area contributed by atoms with Gasteiger partial charge in [-0.3, -0.25) is 0 Å². The highest BCUT2D eigenvalue weighted by Gasteiger charge is 2.20. The largest absolute Gasteiger partial charge is 0.439 e. The smallest absolute Gasteiger partial charge is 0.221 e. The molecular weight excluding hydrogens is 397 g/mol. The summed E-state index contributed by atoms with van der Waals surface area (Å²) < 4.78 is 32.9. The van der Waals surface area contributed by atoms with Gasteiger partial charge in [0, 0.05) is 28.6 Å². The summed E-state index contributed by atoms with van der Waals surface area (Å²) in [6.07, 6.45) is 2.31. The van der Waals surface area contributed by atoms with Gasteiger partial charge in [-0.05, 0) is 38.5 Å². The second-order valence-electron chi connectivity index (χ2n) is 6.25. The molecule has 0 aliphatic carbocycles. The molecule has 0 radical (unpaired) electrons. The van der Waals surface area contributed by atoms with Gasteiger partial charge in [0.15, 0.2) is 0 Å². The lowest BCUT2D eigenvalue weighted by molar-refractivity contribution is 0.385. The van der Waals surface area contributed by atoms with Crippen molar-refractivity contribution < 1.29 is 13.2 Å². The number of nitrogens with one attached hydrogen (secondary N) is 1. The van der Waals surface area contributed by atoms with Gasteiger partial charge in [-0.1, -0.05) is 30.1 Å². The summed E-state index contributed by atoms with van der Waals surface area (Å²) in [5.41, 5.74) is 1.74. The van der Waals surface area contributed by atoms with E-state index < -0.39 is 10.0 Å². The van der Waals surface area contributed by atoms with Gasteiger partial charge in [0.1, 0.15) is 5.75 Å². The molecule has 0 aliphatic heterocycles. The van der Waals surface area contributed by atoms with Gasteiger partial charge >= 0.3 is 0 Å². The Morgan fingerprint density at radius 1 is 1.23 bits per heavy atom. The number of halogens is 2. The molecule has 0 bridgehead atoms. The molecule has 1 N–H and O–H groups in total. The lowest BCUT2D eigenvalue weighted by Gasteiger charge is -2.13. The summed E-state index contributed by atoms with van der Waals surface area (Å²) in [4.78, 5) is 0. The van der Waals surface area contributed by atoms with Crippen LogP contribution in [0.1, 0.15) is 38.1 Å². The minimum Gasteiger partial charge on any atom is -0.439 e. The zero-order valence-corrected chi connectivity index (χ0v) is 17.5. The molecule has 0 atom stereocenters. The van der Waals surface area contributed by atoms with Crippen molar-refractivity contribution in [3.05, 3.63) is 39.5 Å². The third-order valence-electron chi connectivity index (χ3n) is 3.66. The number of rotatable bonds is 8. The Labute approximate surface area is 164 Å². The molecule has 0 spiro atoms. The van der Waals surface area contributed by atoms with E-state index >= 15 is 0 Å². The van der Waals surface area contributed by atoms with E-state index in [9.17, 15) is 8.42 Å². The van der Waals surface area contributed by atoms with E-state index in [1.807, 2.05) is 20.8 Å². The lowest BCUT2D eigenvalue weighted by Crippen LogP contribution is -2.24. The second-order valence-corrected chi connectivity index (χ2v) is 8.95. The summed E-state index contributed by atoms with van der Waals surface area (Å²) >= 11 is 12.1. The second kappa shape index (κ2) is 8.61. The topological polar surface area (TPSA) is 73.2 Å². The Balaban J connectivity index is 2.36. The molecule has 6 nitrogen and oxygen atoms in total. The van der Waals surface area contributed by atoms with Crippen LogP contribution in [-0.4, -0.2) is 31.0 Å². The summed E-state index contributed by atoms with van der Waals surface area (Å²) in [5, 5.41) is 5.60. The van der Waals surface area contributed by atoms with Crippen molar-refractivity contribution in [2.24, 2.45) is 0 Å². The van der Waals surface area contributed by atoms with Crippen LogP contribution in [0.4, 0.5) is 0 Å². The molecule has 0 unspecified atom stereocenters. The predicted octanol–water partition coefficient (Wildman–Crippen LogP) is 4.22. The summed E-state index contributed by atoms with van der Waals surface area (Å²) in [6, 6.07) is 5.09. The fourth-order valence-corrected chi connectivity index (χ4v) is 3.54. The first kappa shape index (κ1) is 21.0. The lowest BCUT2D eigenvalue weighted by atomic mass is 10.1. The Kier molecular flexibility index (Phi) is 6.96. The molecule has 0 saturated carbocycles. The average molecular weight is 420 g/mol. The van der Waals surface area contributed by atoms with Crippen molar-refractivity contribution in [1.82, 2.24) is 14.5 Å². The number of hydrogen-bond donors (Lipinski definition) is 1. The van der Waals surface area contributed by atoms with Crippen molar-refractivity contribution in [2.45, 2.75) is 39.7 Å². The van der Waals surface area contributed by atoms with Crippen LogP contribution in [0.2, 0.25) is 10.0 Å². The number of ether oxygens (including phenoxy) is 1. The van der Waals surface area contributed by atoms with Crippen LogP contribution in [0, 0.1) is 0 Å². The van der Waals surface area contributed by atoms with Gasteiger partial charge in [-0.2, -0.15) is 5.10 Å². The van der Waals surface area contributed by atoms with Crippen LogP contribution in [0.3, 0.4) is 0 Å². The quantitative estimate of drug-likeness (QED) is 0.694. The molecule has 2 rings (SSSR count). The first-order valence-electron chi connectivity index (χ1n) is 8.29. The normalized spacial score (nSPS) is 12.0. The van der Waals surface area contributed by atoms with Gasteiger partial charge in [-0.15, -0.1) is 0 Å². The highest BCUT2D eigenvalue weighted by Crippen LogP contribution is 2.33. The Morgan fingerprint density at radius 2 is 1.85 bits per heavy atom. The summed E-state index contributed by atoms with van der Waals surface area (Å²) in [6.45, 7) is 6.29. The van der Waals surface area contributed by atoms with Gasteiger partial charge in [0.25, 0.3) is 0 Å². The first-order valence-corrected chi connectivity index (χ1v) is 10.9. The molecular formula is C17H23Cl2N3O3S. The maximum atomic E-state index is 11.3. The predicted molar refractivity (Wildman–Crippen MR) is 105 cm³/mol. The molecule has 1 heterocycles. The number of nitrogens with zero attached hydrogens (tertiary/aromatic N) is 2. The van der Waals surface area contributed by atoms with Gasteiger partial charge in [-0.25, -0.2) is 17.8 Å². The zero-order chi connectivity index (χ0) is 19.5. The van der Waals surface area contributed by atoms with Crippen molar-refractivity contribution in [2.75, 3.05) is 12.8 Å². The minimum absolute atomic E-state index is 0.0709. The number of benzene rings is 1. The summed E-state index contributed by atoms with van der Waals surface area (Å²) in [5.74, 6) is 1.15. The molecule has 1 aromatic heterocycles. The third kappa shape index (κ3) is 5.61. The minimum atomic E-state index is -3.24. The highest BCUT2D eigenvalue weighted by molar-refractivity contribution is 7.88.